The van der Waals surface area contributed by atoms with E-state index in [0.717, 1.165) is 5.56 Å². The van der Waals surface area contributed by atoms with Gasteiger partial charge in [-0.1, -0.05) is 40.9 Å². The van der Waals surface area contributed by atoms with Gasteiger partial charge in [0.05, 0.1) is 10.0 Å². The van der Waals surface area contributed by atoms with Gasteiger partial charge in [-0.15, -0.1) is 10.2 Å². The van der Waals surface area contributed by atoms with Gasteiger partial charge in [0.1, 0.15) is 0 Å². The largest absolute Gasteiger partial charge is 0.336 e. The minimum atomic E-state index is -0.250. The van der Waals surface area contributed by atoms with Crippen LogP contribution in [0, 0.1) is 0 Å². The molecule has 0 atom stereocenters. The fourth-order valence-corrected chi connectivity index (χ4v) is 2.03. The summed E-state index contributed by atoms with van der Waals surface area (Å²) in [6.07, 6.45) is 0. The van der Waals surface area contributed by atoms with E-state index in [1.54, 1.807) is 19.2 Å². The van der Waals surface area contributed by atoms with Crippen molar-refractivity contribution in [3.05, 3.63) is 56.8 Å². The molecular weight excluding hydrogens is 321 g/mol. The summed E-state index contributed by atoms with van der Waals surface area (Å²) in [5, 5.41) is 8.58. The van der Waals surface area contributed by atoms with Crippen molar-refractivity contribution in [3.8, 4) is 0 Å². The Balaban J connectivity index is 2.11. The SMILES string of the molecule is CN(Cc1ccc(Cl)c(Cl)c1)C(=O)c1ccc(Cl)nn1. The number of carbonyl (C=O) groups excluding carboxylic acids is 1. The maximum atomic E-state index is 12.1. The highest BCUT2D eigenvalue weighted by Crippen LogP contribution is 2.23. The molecule has 20 heavy (non-hydrogen) atoms. The highest BCUT2D eigenvalue weighted by molar-refractivity contribution is 6.42. The van der Waals surface area contributed by atoms with Crippen LogP contribution in [0.15, 0.2) is 30.3 Å². The van der Waals surface area contributed by atoms with Crippen LogP contribution in [0.2, 0.25) is 15.2 Å². The van der Waals surface area contributed by atoms with E-state index in [-0.39, 0.29) is 16.8 Å². The van der Waals surface area contributed by atoms with Crippen molar-refractivity contribution in [1.82, 2.24) is 15.1 Å². The zero-order chi connectivity index (χ0) is 14.7. The summed E-state index contributed by atoms with van der Waals surface area (Å²) in [4.78, 5) is 13.6. The molecule has 2 aromatic rings. The van der Waals surface area contributed by atoms with E-state index < -0.39 is 0 Å². The first kappa shape index (κ1) is 15.0. The van der Waals surface area contributed by atoms with Gasteiger partial charge in [-0.3, -0.25) is 4.79 Å². The number of rotatable bonds is 3. The molecule has 0 aliphatic carbocycles. The van der Waals surface area contributed by atoms with Crippen molar-refractivity contribution in [1.29, 1.82) is 0 Å². The van der Waals surface area contributed by atoms with Crippen LogP contribution in [0.5, 0.6) is 0 Å². The van der Waals surface area contributed by atoms with Gasteiger partial charge in [0.15, 0.2) is 10.8 Å². The summed E-state index contributed by atoms with van der Waals surface area (Å²) < 4.78 is 0. The lowest BCUT2D eigenvalue weighted by Gasteiger charge is -2.16. The molecule has 0 saturated heterocycles. The molecule has 1 aromatic carbocycles. The number of hydrogen-bond acceptors (Lipinski definition) is 3. The Bertz CT molecular complexity index is 631. The monoisotopic (exact) mass is 329 g/mol. The number of benzene rings is 1. The van der Waals surface area contributed by atoms with E-state index in [9.17, 15) is 4.79 Å². The van der Waals surface area contributed by atoms with Gasteiger partial charge >= 0.3 is 0 Å². The zero-order valence-corrected chi connectivity index (χ0v) is 12.7. The van der Waals surface area contributed by atoms with Crippen LogP contribution in [0.1, 0.15) is 16.1 Å². The lowest BCUT2D eigenvalue weighted by molar-refractivity contribution is 0.0778. The van der Waals surface area contributed by atoms with E-state index in [2.05, 4.69) is 10.2 Å². The fraction of sp³-hybridized carbons (Fsp3) is 0.154. The van der Waals surface area contributed by atoms with Crippen molar-refractivity contribution in [3.63, 3.8) is 0 Å². The molecule has 4 nitrogen and oxygen atoms in total. The Morgan fingerprint density at radius 2 is 1.85 bits per heavy atom. The van der Waals surface area contributed by atoms with Crippen LogP contribution in [0.4, 0.5) is 0 Å². The second-order valence-corrected chi connectivity index (χ2v) is 5.35. The van der Waals surface area contributed by atoms with Gasteiger partial charge in [-0.2, -0.15) is 0 Å². The molecule has 0 radical (unpaired) electrons. The topological polar surface area (TPSA) is 46.1 Å². The fourth-order valence-electron chi connectivity index (χ4n) is 1.61. The van der Waals surface area contributed by atoms with E-state index >= 15 is 0 Å². The van der Waals surface area contributed by atoms with Gasteiger partial charge in [0.25, 0.3) is 5.91 Å². The Hall–Kier alpha value is -1.36. The van der Waals surface area contributed by atoms with Crippen LogP contribution < -0.4 is 0 Å². The van der Waals surface area contributed by atoms with Crippen molar-refractivity contribution in [2.45, 2.75) is 6.54 Å². The normalized spacial score (nSPS) is 10.4. The second kappa shape index (κ2) is 6.39. The minimum Gasteiger partial charge on any atom is -0.336 e. The molecule has 104 valence electrons. The number of hydrogen-bond donors (Lipinski definition) is 0. The molecule has 1 aromatic heterocycles. The average molecular weight is 331 g/mol. The van der Waals surface area contributed by atoms with E-state index in [1.807, 2.05) is 6.07 Å². The summed E-state index contributed by atoms with van der Waals surface area (Å²) in [7, 11) is 1.67. The number of carbonyl (C=O) groups is 1. The van der Waals surface area contributed by atoms with E-state index in [1.165, 1.54) is 17.0 Å². The van der Waals surface area contributed by atoms with Gasteiger partial charge < -0.3 is 4.90 Å². The molecule has 7 heteroatoms. The molecule has 0 bridgehead atoms. The summed E-state index contributed by atoms with van der Waals surface area (Å²) in [6, 6.07) is 8.28. The molecular formula is C13H10Cl3N3O. The molecule has 0 aliphatic heterocycles. The molecule has 2 rings (SSSR count). The van der Waals surface area contributed by atoms with Crippen molar-refractivity contribution in [2.24, 2.45) is 0 Å². The highest BCUT2D eigenvalue weighted by Gasteiger charge is 2.14. The average Bonchev–Trinajstić information content (AvgIpc) is 2.43. The maximum absolute atomic E-state index is 12.1. The van der Waals surface area contributed by atoms with Crippen molar-refractivity contribution >= 4 is 40.7 Å². The van der Waals surface area contributed by atoms with Crippen LogP contribution in [0.3, 0.4) is 0 Å². The quantitative estimate of drug-likeness (QED) is 0.862. The molecule has 0 saturated carbocycles. The molecule has 0 unspecified atom stereocenters. The number of halogens is 3. The third-order valence-corrected chi connectivity index (χ3v) is 3.54. The molecule has 0 N–H and O–H groups in total. The highest BCUT2D eigenvalue weighted by atomic mass is 35.5. The molecule has 0 aliphatic rings. The summed E-state index contributed by atoms with van der Waals surface area (Å²) >= 11 is 17.4. The standard InChI is InChI=1S/C13H10Cl3N3O/c1-19(7-8-2-3-9(14)10(15)6-8)13(20)11-4-5-12(16)18-17-11/h2-6H,7H2,1H3. The second-order valence-electron chi connectivity index (χ2n) is 4.15. The lowest BCUT2D eigenvalue weighted by Crippen LogP contribution is -2.27. The minimum absolute atomic E-state index is 0.233. The van der Waals surface area contributed by atoms with Gasteiger partial charge in [-0.25, -0.2) is 0 Å². The lowest BCUT2D eigenvalue weighted by atomic mass is 10.2. The summed E-state index contributed by atoms with van der Waals surface area (Å²) in [5.74, 6) is -0.250. The Morgan fingerprint density at radius 1 is 1.10 bits per heavy atom. The summed E-state index contributed by atoms with van der Waals surface area (Å²) in [6.45, 7) is 0.389. The predicted octanol–water partition coefficient (Wildman–Crippen LogP) is 3.71. The van der Waals surface area contributed by atoms with Crippen LogP contribution in [-0.4, -0.2) is 28.1 Å². The van der Waals surface area contributed by atoms with Crippen LogP contribution >= 0.6 is 34.8 Å². The van der Waals surface area contributed by atoms with Gasteiger partial charge in [-0.05, 0) is 29.8 Å². The Labute approximate surface area is 131 Å². The number of amides is 1. The first-order chi connectivity index (χ1) is 9.47. The Morgan fingerprint density at radius 3 is 2.45 bits per heavy atom. The predicted molar refractivity (Wildman–Crippen MR) is 79.3 cm³/mol. The number of aromatic nitrogens is 2. The molecule has 1 amide bonds. The first-order valence-electron chi connectivity index (χ1n) is 5.66. The van der Waals surface area contributed by atoms with E-state index in [0.29, 0.717) is 16.6 Å². The smallest absolute Gasteiger partial charge is 0.274 e. The third kappa shape index (κ3) is 3.60. The van der Waals surface area contributed by atoms with Crippen molar-refractivity contribution in [2.75, 3.05) is 7.05 Å². The molecule has 0 fully saturated rings. The van der Waals surface area contributed by atoms with Gasteiger partial charge in [0, 0.05) is 13.6 Å². The maximum Gasteiger partial charge on any atom is 0.274 e. The number of nitrogens with zero attached hydrogens (tertiary/aromatic N) is 3. The van der Waals surface area contributed by atoms with Crippen LogP contribution in [-0.2, 0) is 6.54 Å². The van der Waals surface area contributed by atoms with Gasteiger partial charge in [0.2, 0.25) is 0 Å². The third-order valence-electron chi connectivity index (χ3n) is 2.60. The molecule has 1 heterocycles. The van der Waals surface area contributed by atoms with E-state index in [4.69, 9.17) is 34.8 Å². The van der Waals surface area contributed by atoms with Crippen molar-refractivity contribution < 1.29 is 4.79 Å². The first-order valence-corrected chi connectivity index (χ1v) is 6.79. The Kier molecular flexibility index (Phi) is 4.81. The van der Waals surface area contributed by atoms with Crippen LogP contribution in [0.25, 0.3) is 0 Å². The zero-order valence-electron chi connectivity index (χ0n) is 10.5. The molecule has 0 spiro atoms. The summed E-state index contributed by atoms with van der Waals surface area (Å²) in [5.41, 5.74) is 1.11.